The van der Waals surface area contributed by atoms with Gasteiger partial charge >= 0.3 is 11.8 Å². The van der Waals surface area contributed by atoms with Crippen molar-refractivity contribution in [2.45, 2.75) is 31.0 Å². The monoisotopic (exact) mass is 421 g/mol. The fraction of sp³-hybridized carbons (Fsp3) is 0.409. The zero-order valence-corrected chi connectivity index (χ0v) is 16.7. The highest BCUT2D eigenvalue weighted by Gasteiger charge is 2.52. The zero-order valence-electron chi connectivity index (χ0n) is 16.7. The van der Waals surface area contributed by atoms with Gasteiger partial charge in [-0.3, -0.25) is 4.79 Å². The minimum absolute atomic E-state index is 0.145. The maximum absolute atomic E-state index is 14.5. The molecule has 1 saturated heterocycles. The summed E-state index contributed by atoms with van der Waals surface area (Å²) < 4.78 is 60.1. The van der Waals surface area contributed by atoms with E-state index in [1.54, 1.807) is 19.2 Å². The molecule has 0 atom stereocenters. The van der Waals surface area contributed by atoms with Gasteiger partial charge in [-0.05, 0) is 23.8 Å². The number of nitrogens with zero attached hydrogens (tertiary/aromatic N) is 1. The lowest BCUT2D eigenvalue weighted by Crippen LogP contribution is -2.35. The predicted octanol–water partition coefficient (Wildman–Crippen LogP) is 4.13. The molecule has 0 unspecified atom stereocenters. The average molecular weight is 421 g/mol. The van der Waals surface area contributed by atoms with Gasteiger partial charge in [-0.1, -0.05) is 12.1 Å². The van der Waals surface area contributed by atoms with E-state index in [1.165, 1.54) is 31.3 Å². The second-order valence-corrected chi connectivity index (χ2v) is 7.52. The summed E-state index contributed by atoms with van der Waals surface area (Å²) in [5.41, 5.74) is -0.122. The average Bonchev–Trinajstić information content (AvgIpc) is 2.93. The summed E-state index contributed by atoms with van der Waals surface area (Å²) >= 11 is 0. The van der Waals surface area contributed by atoms with Crippen LogP contribution in [0.3, 0.4) is 0 Å². The quantitative estimate of drug-likeness (QED) is 0.729. The zero-order chi connectivity index (χ0) is 21.5. The molecule has 0 spiro atoms. The number of carbonyl (C=O) groups is 1. The SMILES string of the molecule is COC1(c2cc(F)cc(OCc3cccc4c3C(F)(F)C(=O)N4C)c2)CCOCC1. The van der Waals surface area contributed by atoms with Gasteiger partial charge in [0.2, 0.25) is 0 Å². The topological polar surface area (TPSA) is 48.0 Å². The first kappa shape index (κ1) is 20.7. The van der Waals surface area contributed by atoms with E-state index in [2.05, 4.69) is 0 Å². The van der Waals surface area contributed by atoms with Crippen molar-refractivity contribution >= 4 is 11.6 Å². The van der Waals surface area contributed by atoms with Crippen molar-refractivity contribution in [2.24, 2.45) is 0 Å². The lowest BCUT2D eigenvalue weighted by atomic mass is 9.86. The first-order valence-electron chi connectivity index (χ1n) is 9.63. The van der Waals surface area contributed by atoms with Gasteiger partial charge in [0, 0.05) is 51.8 Å². The summed E-state index contributed by atoms with van der Waals surface area (Å²) in [4.78, 5) is 12.8. The number of anilines is 1. The van der Waals surface area contributed by atoms with Crippen molar-refractivity contribution in [3.8, 4) is 5.75 Å². The molecular weight excluding hydrogens is 399 g/mol. The maximum atomic E-state index is 14.5. The van der Waals surface area contributed by atoms with Crippen LogP contribution < -0.4 is 9.64 Å². The van der Waals surface area contributed by atoms with E-state index < -0.39 is 23.2 Å². The molecular formula is C22H22F3NO4. The largest absolute Gasteiger partial charge is 0.489 e. The summed E-state index contributed by atoms with van der Waals surface area (Å²) in [5.74, 6) is -5.21. The van der Waals surface area contributed by atoms with Crippen LogP contribution >= 0.6 is 0 Å². The van der Waals surface area contributed by atoms with Crippen LogP contribution in [0, 0.1) is 5.82 Å². The van der Waals surface area contributed by atoms with Crippen LogP contribution in [0.25, 0.3) is 0 Å². The van der Waals surface area contributed by atoms with E-state index in [4.69, 9.17) is 14.2 Å². The van der Waals surface area contributed by atoms with E-state index >= 15 is 0 Å². The van der Waals surface area contributed by atoms with E-state index in [0.29, 0.717) is 31.6 Å². The number of carbonyl (C=O) groups excluding carboxylic acids is 1. The van der Waals surface area contributed by atoms with Gasteiger partial charge in [0.1, 0.15) is 18.2 Å². The minimum atomic E-state index is -3.63. The van der Waals surface area contributed by atoms with Gasteiger partial charge in [-0.15, -0.1) is 0 Å². The smallest absolute Gasteiger partial charge is 0.352 e. The van der Waals surface area contributed by atoms with Crippen LogP contribution in [0.4, 0.5) is 18.9 Å². The van der Waals surface area contributed by atoms with E-state index in [0.717, 1.165) is 4.90 Å². The van der Waals surface area contributed by atoms with Crippen molar-refractivity contribution in [1.82, 2.24) is 0 Å². The number of hydrogen-bond donors (Lipinski definition) is 0. The van der Waals surface area contributed by atoms with E-state index in [-0.39, 0.29) is 29.2 Å². The second kappa shape index (κ2) is 7.59. The van der Waals surface area contributed by atoms with Gasteiger partial charge in [-0.2, -0.15) is 8.78 Å². The number of hydrogen-bond acceptors (Lipinski definition) is 4. The molecule has 8 heteroatoms. The van der Waals surface area contributed by atoms with Crippen molar-refractivity contribution in [3.05, 3.63) is 58.9 Å². The van der Waals surface area contributed by atoms with Gasteiger partial charge in [0.25, 0.3) is 0 Å². The number of fused-ring (bicyclic) bond motifs is 1. The summed E-state index contributed by atoms with van der Waals surface area (Å²) in [6.45, 7) is 0.756. The van der Waals surface area contributed by atoms with Crippen LogP contribution in [0.5, 0.6) is 5.75 Å². The molecule has 4 rings (SSSR count). The van der Waals surface area contributed by atoms with Crippen LogP contribution in [0.1, 0.15) is 29.5 Å². The Hall–Kier alpha value is -2.58. The molecule has 0 bridgehead atoms. The third-order valence-electron chi connectivity index (χ3n) is 5.86. The number of alkyl halides is 2. The Labute approximate surface area is 172 Å². The number of halogens is 3. The van der Waals surface area contributed by atoms with Gasteiger partial charge in [0.05, 0.1) is 16.9 Å². The molecule has 0 radical (unpaired) electrons. The van der Waals surface area contributed by atoms with Crippen molar-refractivity contribution < 1.29 is 32.2 Å². The van der Waals surface area contributed by atoms with Crippen molar-refractivity contribution in [2.75, 3.05) is 32.3 Å². The Kier molecular flexibility index (Phi) is 5.23. The standard InChI is InChI=1S/C22H22F3NO4/c1-26-18-5-3-4-14(19(18)22(24,25)20(26)27)13-30-17-11-15(10-16(23)12-17)21(28-2)6-8-29-9-7-21/h3-5,10-12H,6-9,13H2,1-2H3. The Morgan fingerprint density at radius 3 is 2.60 bits per heavy atom. The van der Waals surface area contributed by atoms with Crippen LogP contribution in [-0.4, -0.2) is 33.3 Å². The first-order chi connectivity index (χ1) is 14.3. The highest BCUT2D eigenvalue weighted by Crippen LogP contribution is 2.45. The normalized spacial score (nSPS) is 19.6. The maximum Gasteiger partial charge on any atom is 0.352 e. The summed E-state index contributed by atoms with van der Waals surface area (Å²) in [6.07, 6.45) is 1.14. The fourth-order valence-electron chi connectivity index (χ4n) is 4.16. The summed E-state index contributed by atoms with van der Waals surface area (Å²) in [7, 11) is 2.88. The van der Waals surface area contributed by atoms with Crippen LogP contribution in [0.2, 0.25) is 0 Å². The molecule has 1 fully saturated rings. The van der Waals surface area contributed by atoms with E-state index in [1.807, 2.05) is 0 Å². The molecule has 0 aromatic heterocycles. The van der Waals surface area contributed by atoms with Gasteiger partial charge in [-0.25, -0.2) is 4.39 Å². The predicted molar refractivity (Wildman–Crippen MR) is 103 cm³/mol. The molecule has 30 heavy (non-hydrogen) atoms. The molecule has 5 nitrogen and oxygen atoms in total. The highest BCUT2D eigenvalue weighted by molar-refractivity contribution is 6.05. The summed E-state index contributed by atoms with van der Waals surface area (Å²) in [6, 6.07) is 8.78. The van der Waals surface area contributed by atoms with Crippen molar-refractivity contribution in [1.29, 1.82) is 0 Å². The Bertz CT molecular complexity index is 973. The number of likely N-dealkylation sites (N-methyl/N-ethyl adjacent to an activating group) is 1. The molecule has 0 aliphatic carbocycles. The molecule has 2 aliphatic rings. The first-order valence-corrected chi connectivity index (χ1v) is 9.63. The third kappa shape index (κ3) is 3.33. The molecule has 2 aromatic carbocycles. The number of methoxy groups -OCH3 is 1. The Morgan fingerprint density at radius 1 is 1.17 bits per heavy atom. The van der Waals surface area contributed by atoms with Crippen LogP contribution in [-0.2, 0) is 32.4 Å². The minimum Gasteiger partial charge on any atom is -0.489 e. The van der Waals surface area contributed by atoms with Crippen molar-refractivity contribution in [3.63, 3.8) is 0 Å². The lowest BCUT2D eigenvalue weighted by Gasteiger charge is -2.36. The molecule has 0 N–H and O–H groups in total. The van der Waals surface area contributed by atoms with E-state index in [9.17, 15) is 18.0 Å². The number of amides is 1. The fourth-order valence-corrected chi connectivity index (χ4v) is 4.16. The number of ether oxygens (including phenoxy) is 3. The van der Waals surface area contributed by atoms with Crippen LogP contribution in [0.15, 0.2) is 36.4 Å². The molecule has 1 amide bonds. The lowest BCUT2D eigenvalue weighted by molar-refractivity contribution is -0.141. The molecule has 2 aromatic rings. The molecule has 0 saturated carbocycles. The molecule has 2 heterocycles. The van der Waals surface area contributed by atoms with Gasteiger partial charge in [0.15, 0.2) is 0 Å². The number of benzene rings is 2. The Balaban J connectivity index is 1.62. The summed E-state index contributed by atoms with van der Waals surface area (Å²) in [5, 5.41) is 0. The Morgan fingerprint density at radius 2 is 1.90 bits per heavy atom. The third-order valence-corrected chi connectivity index (χ3v) is 5.86. The second-order valence-electron chi connectivity index (χ2n) is 7.52. The number of rotatable bonds is 5. The van der Waals surface area contributed by atoms with Gasteiger partial charge < -0.3 is 19.1 Å². The highest BCUT2D eigenvalue weighted by atomic mass is 19.3. The molecule has 2 aliphatic heterocycles. The molecule has 160 valence electrons.